The second-order valence-electron chi connectivity index (χ2n) is 4.01. The van der Waals surface area contributed by atoms with Crippen LogP contribution in [0.4, 0.5) is 5.69 Å². The van der Waals surface area contributed by atoms with Crippen molar-refractivity contribution in [3.8, 4) is 0 Å². The van der Waals surface area contributed by atoms with Crippen molar-refractivity contribution in [1.29, 1.82) is 0 Å². The van der Waals surface area contributed by atoms with Crippen LogP contribution in [0, 0.1) is 6.92 Å². The second kappa shape index (κ2) is 6.67. The van der Waals surface area contributed by atoms with Gasteiger partial charge in [-0.25, -0.2) is 4.79 Å². The number of esters is 1. The number of hydrogen-bond acceptors (Lipinski definition) is 4. The van der Waals surface area contributed by atoms with Gasteiger partial charge in [-0.1, -0.05) is 12.1 Å². The van der Waals surface area contributed by atoms with Crippen molar-refractivity contribution >= 4 is 44.8 Å². The van der Waals surface area contributed by atoms with E-state index >= 15 is 0 Å². The number of hydrogen-bond donors (Lipinski definition) is 1. The largest absolute Gasteiger partial charge is 0.451 e. The minimum absolute atomic E-state index is 0.308. The van der Waals surface area contributed by atoms with Crippen LogP contribution in [0.3, 0.4) is 0 Å². The molecule has 0 unspecified atom stereocenters. The van der Waals surface area contributed by atoms with E-state index in [4.69, 9.17) is 4.74 Å². The maximum Gasteiger partial charge on any atom is 0.348 e. The lowest BCUT2D eigenvalue weighted by Gasteiger charge is -2.07. The molecule has 104 valence electrons. The topological polar surface area (TPSA) is 55.4 Å². The van der Waals surface area contributed by atoms with E-state index in [-0.39, 0.29) is 12.5 Å². The third-order valence-corrected chi connectivity index (χ3v) is 4.10. The molecule has 0 saturated carbocycles. The molecule has 0 aliphatic heterocycles. The first-order valence-corrected chi connectivity index (χ1v) is 7.45. The number of ether oxygens (including phenoxy) is 1. The predicted octanol–water partition coefficient (Wildman–Crippen LogP) is 3.61. The first-order valence-electron chi connectivity index (χ1n) is 5.84. The van der Waals surface area contributed by atoms with Gasteiger partial charge < -0.3 is 10.1 Å². The van der Waals surface area contributed by atoms with Crippen molar-refractivity contribution in [1.82, 2.24) is 0 Å². The molecular formula is C14H12BrNO3S. The maximum absolute atomic E-state index is 11.7. The van der Waals surface area contributed by atoms with Gasteiger partial charge in [-0.2, -0.15) is 0 Å². The van der Waals surface area contributed by atoms with Crippen LogP contribution < -0.4 is 5.32 Å². The van der Waals surface area contributed by atoms with Crippen molar-refractivity contribution in [2.45, 2.75) is 6.92 Å². The predicted molar refractivity (Wildman–Crippen MR) is 82.1 cm³/mol. The summed E-state index contributed by atoms with van der Waals surface area (Å²) in [6.07, 6.45) is 0. The van der Waals surface area contributed by atoms with Crippen molar-refractivity contribution in [3.05, 3.63) is 50.6 Å². The Morgan fingerprint density at radius 1 is 1.25 bits per heavy atom. The van der Waals surface area contributed by atoms with Crippen molar-refractivity contribution < 1.29 is 14.3 Å². The van der Waals surface area contributed by atoms with E-state index < -0.39 is 5.97 Å². The number of halogens is 1. The van der Waals surface area contributed by atoms with Crippen LogP contribution in [0.25, 0.3) is 0 Å². The van der Waals surface area contributed by atoms with Crippen molar-refractivity contribution in [3.63, 3.8) is 0 Å². The van der Waals surface area contributed by atoms with Crippen LogP contribution in [0.2, 0.25) is 0 Å². The lowest BCUT2D eigenvalue weighted by molar-refractivity contribution is -0.119. The summed E-state index contributed by atoms with van der Waals surface area (Å²) in [6.45, 7) is 1.60. The minimum Gasteiger partial charge on any atom is -0.451 e. The lowest BCUT2D eigenvalue weighted by Crippen LogP contribution is -2.20. The number of carbonyl (C=O) groups excluding carboxylic acids is 2. The smallest absolute Gasteiger partial charge is 0.348 e. The Morgan fingerprint density at radius 3 is 2.65 bits per heavy atom. The highest BCUT2D eigenvalue weighted by Crippen LogP contribution is 2.21. The Hall–Kier alpha value is -1.66. The third-order valence-electron chi connectivity index (χ3n) is 2.42. The number of aryl methyl sites for hydroxylation is 1. The average Bonchev–Trinajstić information content (AvgIpc) is 2.85. The zero-order valence-corrected chi connectivity index (χ0v) is 13.1. The molecule has 1 heterocycles. The molecule has 0 fully saturated rings. The SMILES string of the molecule is Cc1ccc(C(=O)OCC(=O)Nc2ccccc2Br)s1. The van der Waals surface area contributed by atoms with Crippen LogP contribution >= 0.6 is 27.3 Å². The molecule has 1 aromatic carbocycles. The van der Waals surface area contributed by atoms with E-state index in [0.29, 0.717) is 10.6 Å². The fraction of sp³-hybridized carbons (Fsp3) is 0.143. The Labute approximate surface area is 128 Å². The summed E-state index contributed by atoms with van der Waals surface area (Å²) in [5.41, 5.74) is 0.639. The van der Waals surface area contributed by atoms with Crippen molar-refractivity contribution in [2.24, 2.45) is 0 Å². The second-order valence-corrected chi connectivity index (χ2v) is 6.16. The van der Waals surface area contributed by atoms with Gasteiger partial charge >= 0.3 is 5.97 Å². The highest BCUT2D eigenvalue weighted by Gasteiger charge is 2.12. The van der Waals surface area contributed by atoms with Gasteiger partial charge in [0.05, 0.1) is 5.69 Å². The number of rotatable bonds is 4. The van der Waals surface area contributed by atoms with Crippen LogP contribution in [0.5, 0.6) is 0 Å². The zero-order chi connectivity index (χ0) is 14.5. The molecule has 2 rings (SSSR count). The lowest BCUT2D eigenvalue weighted by atomic mass is 10.3. The summed E-state index contributed by atoms with van der Waals surface area (Å²) in [6, 6.07) is 10.7. The van der Waals surface area contributed by atoms with Crippen LogP contribution in [-0.4, -0.2) is 18.5 Å². The highest BCUT2D eigenvalue weighted by atomic mass is 79.9. The summed E-state index contributed by atoms with van der Waals surface area (Å²) >= 11 is 4.66. The molecule has 6 heteroatoms. The van der Waals surface area contributed by atoms with E-state index in [1.165, 1.54) is 11.3 Å². The average molecular weight is 354 g/mol. The molecule has 1 aromatic heterocycles. The number of nitrogens with one attached hydrogen (secondary N) is 1. The molecule has 2 aromatic rings. The quantitative estimate of drug-likeness (QED) is 0.854. The summed E-state index contributed by atoms with van der Waals surface area (Å²) in [5.74, 6) is -0.857. The molecular weight excluding hydrogens is 342 g/mol. The molecule has 4 nitrogen and oxygen atoms in total. The molecule has 0 aliphatic carbocycles. The number of carbonyl (C=O) groups is 2. The van der Waals surface area contributed by atoms with Crippen LogP contribution in [0.1, 0.15) is 14.5 Å². The first kappa shape index (κ1) is 14.7. The molecule has 0 radical (unpaired) electrons. The molecule has 0 spiro atoms. The normalized spacial score (nSPS) is 10.1. The summed E-state index contributed by atoms with van der Waals surface area (Å²) < 4.78 is 5.73. The summed E-state index contributed by atoms with van der Waals surface area (Å²) in [7, 11) is 0. The monoisotopic (exact) mass is 353 g/mol. The third kappa shape index (κ3) is 3.91. The van der Waals surface area contributed by atoms with E-state index in [9.17, 15) is 9.59 Å². The molecule has 0 aliphatic rings. The van der Waals surface area contributed by atoms with Gasteiger partial charge in [-0.05, 0) is 47.1 Å². The molecule has 1 amide bonds. The summed E-state index contributed by atoms with van der Waals surface area (Å²) in [5, 5.41) is 2.66. The van der Waals surface area contributed by atoms with Gasteiger partial charge in [0.25, 0.3) is 5.91 Å². The van der Waals surface area contributed by atoms with Crippen LogP contribution in [0.15, 0.2) is 40.9 Å². The maximum atomic E-state index is 11.7. The van der Waals surface area contributed by atoms with Gasteiger partial charge in [-0.15, -0.1) is 11.3 Å². The number of amides is 1. The fourth-order valence-corrected chi connectivity index (χ4v) is 2.64. The summed E-state index contributed by atoms with van der Waals surface area (Å²) in [4.78, 5) is 24.9. The van der Waals surface area contributed by atoms with Gasteiger partial charge in [0.1, 0.15) is 4.88 Å². The van der Waals surface area contributed by atoms with Crippen LogP contribution in [-0.2, 0) is 9.53 Å². The van der Waals surface area contributed by atoms with Gasteiger partial charge in [0, 0.05) is 9.35 Å². The van der Waals surface area contributed by atoms with Gasteiger partial charge in [0.2, 0.25) is 0 Å². The Bertz CT molecular complexity index is 639. The first-order chi connectivity index (χ1) is 9.56. The van der Waals surface area contributed by atoms with E-state index in [2.05, 4.69) is 21.2 Å². The Balaban J connectivity index is 1.87. The van der Waals surface area contributed by atoms with Gasteiger partial charge in [-0.3, -0.25) is 4.79 Å². The van der Waals surface area contributed by atoms with Crippen molar-refractivity contribution in [2.75, 3.05) is 11.9 Å². The van der Waals surface area contributed by atoms with E-state index in [1.54, 1.807) is 18.2 Å². The Morgan fingerprint density at radius 2 is 2.00 bits per heavy atom. The number of para-hydroxylation sites is 1. The van der Waals surface area contributed by atoms with E-state index in [0.717, 1.165) is 9.35 Å². The molecule has 0 atom stereocenters. The van der Waals surface area contributed by atoms with Gasteiger partial charge in [0.15, 0.2) is 6.61 Å². The molecule has 0 bridgehead atoms. The number of anilines is 1. The number of thiophene rings is 1. The molecule has 0 saturated heterocycles. The highest BCUT2D eigenvalue weighted by molar-refractivity contribution is 9.10. The zero-order valence-electron chi connectivity index (χ0n) is 10.7. The standard InChI is InChI=1S/C14H12BrNO3S/c1-9-6-7-12(20-9)14(18)19-8-13(17)16-11-5-3-2-4-10(11)15/h2-7H,8H2,1H3,(H,16,17). The minimum atomic E-state index is -0.481. The fourth-order valence-electron chi connectivity index (χ4n) is 1.50. The molecule has 20 heavy (non-hydrogen) atoms. The molecule has 1 N–H and O–H groups in total. The van der Waals surface area contributed by atoms with E-state index in [1.807, 2.05) is 25.1 Å². The Kier molecular flexibility index (Phi) is 4.92. The number of benzene rings is 1.